The summed E-state index contributed by atoms with van der Waals surface area (Å²) in [6, 6.07) is 32.9. The maximum Gasteiger partial charge on any atom is 0.266 e. The second-order valence-electron chi connectivity index (χ2n) is 8.95. The molecule has 0 bridgehead atoms. The Balaban J connectivity index is 1.52. The van der Waals surface area contributed by atoms with Gasteiger partial charge in [-0.3, -0.25) is 4.79 Å². The molecule has 164 valence electrons. The minimum Gasteiger partial charge on any atom is -0.328 e. The molecule has 1 N–H and O–H groups in total. The fraction of sp³-hybridized carbons (Fsp3) is 0.100. The number of nitrogens with zero attached hydrogens (tertiary/aromatic N) is 1. The molecule has 0 radical (unpaired) electrons. The van der Waals surface area contributed by atoms with Crippen molar-refractivity contribution in [1.29, 1.82) is 0 Å². The lowest BCUT2D eigenvalue weighted by Crippen LogP contribution is -2.51. The number of benzene rings is 4. The van der Waals surface area contributed by atoms with Gasteiger partial charge in [-0.1, -0.05) is 91.0 Å². The van der Waals surface area contributed by atoms with Gasteiger partial charge in [-0.15, -0.1) is 0 Å². The molecular formula is C30H22N2O2. The van der Waals surface area contributed by atoms with E-state index in [1.165, 1.54) is 11.1 Å². The average molecular weight is 443 g/mol. The molecule has 1 amide bonds. The molecule has 4 aromatic rings. The Kier molecular flexibility index (Phi) is 4.08. The summed E-state index contributed by atoms with van der Waals surface area (Å²) in [5.74, 6) is -0.140. The van der Waals surface area contributed by atoms with Crippen molar-refractivity contribution in [2.45, 2.75) is 18.2 Å². The van der Waals surface area contributed by atoms with Gasteiger partial charge in [0.05, 0.1) is 11.4 Å². The molecule has 2 atom stereocenters. The van der Waals surface area contributed by atoms with Crippen LogP contribution in [0.5, 0.6) is 0 Å². The minimum atomic E-state index is -1.20. The maximum atomic E-state index is 13.7. The zero-order valence-electron chi connectivity index (χ0n) is 18.4. The van der Waals surface area contributed by atoms with Crippen LogP contribution in [0.2, 0.25) is 0 Å². The Labute approximate surface area is 198 Å². The minimum absolute atomic E-state index is 0.140. The molecule has 1 spiro atoms. The summed E-state index contributed by atoms with van der Waals surface area (Å²) in [5, 5.41) is 3.08. The van der Waals surface area contributed by atoms with Crippen LogP contribution in [0.4, 0.5) is 17.1 Å². The summed E-state index contributed by atoms with van der Waals surface area (Å²) >= 11 is 0. The number of fused-ring (bicyclic) bond motifs is 8. The van der Waals surface area contributed by atoms with Crippen molar-refractivity contribution in [3.8, 4) is 0 Å². The second-order valence-corrected chi connectivity index (χ2v) is 8.95. The van der Waals surface area contributed by atoms with Gasteiger partial charge in [0.2, 0.25) is 5.60 Å². The number of carbonyl (C=O) groups is 1. The van der Waals surface area contributed by atoms with Gasteiger partial charge in [-0.25, -0.2) is 0 Å². The van der Waals surface area contributed by atoms with E-state index in [4.69, 9.17) is 4.74 Å². The first-order valence-electron chi connectivity index (χ1n) is 11.6. The van der Waals surface area contributed by atoms with Crippen LogP contribution in [-0.4, -0.2) is 12.1 Å². The maximum absolute atomic E-state index is 13.7. The number of ether oxygens (including phenoxy) is 1. The van der Waals surface area contributed by atoms with Gasteiger partial charge in [-0.2, -0.15) is 0 Å². The first-order chi connectivity index (χ1) is 16.8. The third-order valence-electron chi connectivity index (χ3n) is 7.04. The third-order valence-corrected chi connectivity index (χ3v) is 7.04. The standard InChI is InChI=1S/C30H22N2O2/c33-29-30(23-13-5-6-15-25(23)31-29)24-14-8-12-22(19-20-9-2-1-3-10-20)28(24)32-26-16-7-4-11-21(26)17-18-27(32)34-30/h1-18,27H,19H2,(H,31,33)/t27-,30?/m1/s1. The Morgan fingerprint density at radius 1 is 0.824 bits per heavy atom. The molecule has 3 aliphatic rings. The number of hydrogen-bond acceptors (Lipinski definition) is 3. The normalized spacial score (nSPS) is 21.5. The van der Waals surface area contributed by atoms with Crippen molar-refractivity contribution < 1.29 is 9.53 Å². The van der Waals surface area contributed by atoms with Crippen molar-refractivity contribution in [2.24, 2.45) is 0 Å². The van der Waals surface area contributed by atoms with Crippen LogP contribution < -0.4 is 10.2 Å². The quantitative estimate of drug-likeness (QED) is 0.414. The predicted octanol–water partition coefficient (Wildman–Crippen LogP) is 5.99. The molecule has 4 heteroatoms. The number of amides is 1. The second kappa shape index (κ2) is 7.17. The number of rotatable bonds is 2. The van der Waals surface area contributed by atoms with E-state index < -0.39 is 11.8 Å². The summed E-state index contributed by atoms with van der Waals surface area (Å²) in [6.45, 7) is 0. The van der Waals surface area contributed by atoms with E-state index in [2.05, 4.69) is 70.9 Å². The molecule has 1 unspecified atom stereocenters. The fourth-order valence-electron chi connectivity index (χ4n) is 5.58. The molecule has 0 saturated carbocycles. The first kappa shape index (κ1) is 19.3. The molecule has 0 fully saturated rings. The lowest BCUT2D eigenvalue weighted by Gasteiger charge is -2.47. The van der Waals surface area contributed by atoms with Gasteiger partial charge in [0.15, 0.2) is 6.23 Å². The van der Waals surface area contributed by atoms with Crippen LogP contribution in [0.15, 0.2) is 103 Å². The molecular weight excluding hydrogens is 420 g/mol. The summed E-state index contributed by atoms with van der Waals surface area (Å²) in [5.41, 5.74) is 7.01. The number of nitrogens with one attached hydrogen (secondary N) is 1. The van der Waals surface area contributed by atoms with Crippen molar-refractivity contribution in [2.75, 3.05) is 10.2 Å². The summed E-state index contributed by atoms with van der Waals surface area (Å²) < 4.78 is 6.79. The molecule has 0 aromatic heterocycles. The molecule has 4 nitrogen and oxygen atoms in total. The molecule has 0 aliphatic carbocycles. The summed E-state index contributed by atoms with van der Waals surface area (Å²) in [4.78, 5) is 15.9. The van der Waals surface area contributed by atoms with Crippen molar-refractivity contribution in [1.82, 2.24) is 0 Å². The van der Waals surface area contributed by atoms with Crippen molar-refractivity contribution >= 4 is 29.0 Å². The Morgan fingerprint density at radius 2 is 1.59 bits per heavy atom. The number of para-hydroxylation sites is 3. The molecule has 3 aliphatic heterocycles. The molecule has 4 aromatic carbocycles. The Morgan fingerprint density at radius 3 is 2.50 bits per heavy atom. The zero-order valence-corrected chi connectivity index (χ0v) is 18.4. The van der Waals surface area contributed by atoms with Crippen LogP contribution in [0.1, 0.15) is 27.8 Å². The number of hydrogen-bond donors (Lipinski definition) is 1. The topological polar surface area (TPSA) is 41.6 Å². The van der Waals surface area contributed by atoms with Gasteiger partial charge in [-0.05, 0) is 41.3 Å². The monoisotopic (exact) mass is 442 g/mol. The van der Waals surface area contributed by atoms with Crippen LogP contribution in [-0.2, 0) is 21.6 Å². The molecule has 3 heterocycles. The lowest BCUT2D eigenvalue weighted by molar-refractivity contribution is -0.141. The van der Waals surface area contributed by atoms with Crippen LogP contribution in [0.3, 0.4) is 0 Å². The molecule has 0 saturated heterocycles. The van der Waals surface area contributed by atoms with E-state index in [1.807, 2.05) is 48.5 Å². The van der Waals surface area contributed by atoms with E-state index in [-0.39, 0.29) is 5.91 Å². The highest BCUT2D eigenvalue weighted by molar-refractivity contribution is 6.09. The largest absolute Gasteiger partial charge is 0.328 e. The summed E-state index contributed by atoms with van der Waals surface area (Å²) in [7, 11) is 0. The Hall–Kier alpha value is -4.15. The van der Waals surface area contributed by atoms with Crippen LogP contribution in [0.25, 0.3) is 6.08 Å². The highest BCUT2D eigenvalue weighted by atomic mass is 16.5. The van der Waals surface area contributed by atoms with E-state index >= 15 is 0 Å². The summed E-state index contributed by atoms with van der Waals surface area (Å²) in [6.07, 6.45) is 4.50. The lowest BCUT2D eigenvalue weighted by atomic mass is 9.81. The molecule has 34 heavy (non-hydrogen) atoms. The van der Waals surface area contributed by atoms with Gasteiger partial charge < -0.3 is 15.0 Å². The van der Waals surface area contributed by atoms with Crippen LogP contribution in [0, 0.1) is 0 Å². The van der Waals surface area contributed by atoms with Crippen LogP contribution >= 0.6 is 0 Å². The van der Waals surface area contributed by atoms with E-state index in [0.29, 0.717) is 0 Å². The highest BCUT2D eigenvalue weighted by Crippen LogP contribution is 2.55. The van der Waals surface area contributed by atoms with E-state index in [1.54, 1.807) is 0 Å². The third kappa shape index (κ3) is 2.60. The smallest absolute Gasteiger partial charge is 0.266 e. The predicted molar refractivity (Wildman–Crippen MR) is 134 cm³/mol. The zero-order chi connectivity index (χ0) is 22.7. The number of anilines is 3. The van der Waals surface area contributed by atoms with Crippen molar-refractivity contribution in [3.05, 3.63) is 131 Å². The van der Waals surface area contributed by atoms with E-state index in [9.17, 15) is 4.79 Å². The van der Waals surface area contributed by atoms with Gasteiger partial charge >= 0.3 is 0 Å². The van der Waals surface area contributed by atoms with Gasteiger partial charge in [0, 0.05) is 16.8 Å². The SMILES string of the molecule is O=C1Nc2ccccc2C12O[C@@H]1C=Cc3ccccc3N1c1c(Cc3ccccc3)cccc12. The Bertz CT molecular complexity index is 1480. The fourth-order valence-corrected chi connectivity index (χ4v) is 5.58. The van der Waals surface area contributed by atoms with Gasteiger partial charge in [0.25, 0.3) is 5.91 Å². The average Bonchev–Trinajstić information content (AvgIpc) is 3.16. The van der Waals surface area contributed by atoms with Gasteiger partial charge in [0.1, 0.15) is 0 Å². The first-order valence-corrected chi connectivity index (χ1v) is 11.6. The highest BCUT2D eigenvalue weighted by Gasteiger charge is 2.56. The number of carbonyl (C=O) groups excluding carboxylic acids is 1. The van der Waals surface area contributed by atoms with E-state index in [0.717, 1.165) is 40.2 Å². The molecule has 7 rings (SSSR count). The van der Waals surface area contributed by atoms with Crippen molar-refractivity contribution in [3.63, 3.8) is 0 Å².